The molecule has 1 aromatic carbocycles. The number of hydrogen-bond donors (Lipinski definition) is 0. The molecule has 6 atom stereocenters. The maximum atomic E-state index is 6.32. The molecule has 6 aliphatic rings. The fourth-order valence-corrected chi connectivity index (χ4v) is 7.81. The summed E-state index contributed by atoms with van der Waals surface area (Å²) >= 11 is 0. The Morgan fingerprint density at radius 3 is 2.85 bits per heavy atom. The van der Waals surface area contributed by atoms with Gasteiger partial charge in [0.05, 0.1) is 20.5 Å². The van der Waals surface area contributed by atoms with Gasteiger partial charge in [0.25, 0.3) is 0 Å². The molecule has 0 aromatic heterocycles. The Morgan fingerprint density at radius 2 is 2.00 bits per heavy atom. The molecule has 27 heavy (non-hydrogen) atoms. The third-order valence-corrected chi connectivity index (χ3v) is 8.67. The van der Waals surface area contributed by atoms with Gasteiger partial charge in [-0.3, -0.25) is 4.90 Å². The average Bonchev–Trinajstić information content (AvgIpc) is 3.24. The zero-order valence-corrected chi connectivity index (χ0v) is 16.0. The maximum Gasteiger partial charge on any atom is 0.162 e. The van der Waals surface area contributed by atoms with Crippen LogP contribution in [0.4, 0.5) is 5.69 Å². The molecule has 3 saturated heterocycles. The van der Waals surface area contributed by atoms with Gasteiger partial charge >= 0.3 is 0 Å². The van der Waals surface area contributed by atoms with Crippen molar-refractivity contribution in [1.29, 1.82) is 0 Å². The minimum Gasteiger partial charge on any atom is -0.498 e. The smallest absolute Gasteiger partial charge is 0.162 e. The highest BCUT2D eigenvalue weighted by Crippen LogP contribution is 2.66. The number of hydrogen-bond acceptors (Lipinski definition) is 5. The van der Waals surface area contributed by atoms with E-state index in [0.29, 0.717) is 30.0 Å². The first kappa shape index (κ1) is 15.1. The van der Waals surface area contributed by atoms with Crippen molar-refractivity contribution in [2.45, 2.75) is 42.9 Å². The van der Waals surface area contributed by atoms with E-state index in [1.54, 1.807) is 19.8 Å². The van der Waals surface area contributed by atoms with Crippen LogP contribution < -0.4 is 14.4 Å². The minimum absolute atomic E-state index is 0.223. The van der Waals surface area contributed by atoms with Crippen molar-refractivity contribution in [2.75, 3.05) is 38.8 Å². The average molecular weight is 366 g/mol. The number of anilines is 1. The summed E-state index contributed by atoms with van der Waals surface area (Å²) in [5, 5.41) is 0. The van der Waals surface area contributed by atoms with Crippen LogP contribution in [-0.2, 0) is 10.2 Å². The molecule has 5 heteroatoms. The monoisotopic (exact) mass is 366 g/mol. The van der Waals surface area contributed by atoms with Gasteiger partial charge < -0.3 is 19.1 Å². The number of fused-ring (bicyclic) bond motifs is 2. The standard InChI is InChI=1S/C22H26N2O3/c1-25-17-8-14-15(9-18(17)26-2)24-5-3-16-20-13-7-19-22(14,21(20)24)4-6-23(19)10-12(13)11-27-16/h8-9,11,13,16,19-21H,3-7,10H2,1-2H3/t13-,16+,19-,20-,21-,22-/m0/s1. The van der Waals surface area contributed by atoms with E-state index in [2.05, 4.69) is 28.2 Å². The van der Waals surface area contributed by atoms with Crippen LogP contribution in [-0.4, -0.2) is 56.9 Å². The second kappa shape index (κ2) is 4.75. The van der Waals surface area contributed by atoms with Gasteiger partial charge in [0.15, 0.2) is 11.5 Å². The molecule has 142 valence electrons. The molecule has 0 N–H and O–H groups in total. The van der Waals surface area contributed by atoms with Gasteiger partial charge in [-0.25, -0.2) is 0 Å². The Labute approximate surface area is 159 Å². The number of benzene rings is 1. The number of ether oxygens (including phenoxy) is 3. The highest BCUT2D eigenvalue weighted by atomic mass is 16.5. The predicted octanol–water partition coefficient (Wildman–Crippen LogP) is 2.54. The van der Waals surface area contributed by atoms with Gasteiger partial charge in [-0.15, -0.1) is 0 Å². The van der Waals surface area contributed by atoms with E-state index in [9.17, 15) is 0 Å². The molecular weight excluding hydrogens is 340 g/mol. The summed E-state index contributed by atoms with van der Waals surface area (Å²) in [5.74, 6) is 3.06. The molecule has 5 heterocycles. The van der Waals surface area contributed by atoms with Crippen molar-refractivity contribution in [3.05, 3.63) is 29.5 Å². The van der Waals surface area contributed by atoms with Crippen molar-refractivity contribution >= 4 is 5.69 Å². The van der Waals surface area contributed by atoms with Crippen LogP contribution in [0.2, 0.25) is 0 Å². The molecule has 0 amide bonds. The van der Waals surface area contributed by atoms with Gasteiger partial charge in [-0.1, -0.05) is 0 Å². The van der Waals surface area contributed by atoms with Crippen LogP contribution in [0.25, 0.3) is 0 Å². The van der Waals surface area contributed by atoms with Crippen molar-refractivity contribution in [2.24, 2.45) is 11.8 Å². The highest BCUT2D eigenvalue weighted by molar-refractivity contribution is 5.72. The largest absolute Gasteiger partial charge is 0.498 e. The molecule has 1 saturated carbocycles. The summed E-state index contributed by atoms with van der Waals surface area (Å²) in [6, 6.07) is 5.76. The quantitative estimate of drug-likeness (QED) is 0.804. The summed E-state index contributed by atoms with van der Waals surface area (Å²) in [5.41, 5.74) is 4.67. The summed E-state index contributed by atoms with van der Waals surface area (Å²) in [6.45, 7) is 3.39. The molecule has 2 bridgehead atoms. The third kappa shape index (κ3) is 1.52. The summed E-state index contributed by atoms with van der Waals surface area (Å²) in [6.07, 6.45) is 6.21. The van der Waals surface area contributed by atoms with Crippen molar-refractivity contribution < 1.29 is 14.2 Å². The maximum absolute atomic E-state index is 6.32. The molecule has 5 aliphatic heterocycles. The van der Waals surface area contributed by atoms with Crippen LogP contribution in [0.1, 0.15) is 24.8 Å². The van der Waals surface area contributed by atoms with E-state index in [0.717, 1.165) is 31.0 Å². The minimum atomic E-state index is 0.223. The molecule has 7 rings (SSSR count). The number of rotatable bonds is 2. The number of piperidine rings is 2. The van der Waals surface area contributed by atoms with Gasteiger partial charge in [-0.05, 0) is 42.5 Å². The Kier molecular flexibility index (Phi) is 2.65. The number of methoxy groups -OCH3 is 2. The molecule has 4 fully saturated rings. The van der Waals surface area contributed by atoms with E-state index in [4.69, 9.17) is 14.2 Å². The predicted molar refractivity (Wildman–Crippen MR) is 102 cm³/mol. The van der Waals surface area contributed by atoms with Crippen molar-refractivity contribution in [3.8, 4) is 11.5 Å². The molecule has 5 nitrogen and oxygen atoms in total. The Morgan fingerprint density at radius 1 is 1.15 bits per heavy atom. The topological polar surface area (TPSA) is 34.2 Å². The second-order valence-corrected chi connectivity index (χ2v) is 9.21. The van der Waals surface area contributed by atoms with E-state index in [1.807, 2.05) is 0 Å². The first-order valence-corrected chi connectivity index (χ1v) is 10.4. The van der Waals surface area contributed by atoms with E-state index < -0.39 is 0 Å². The van der Waals surface area contributed by atoms with Crippen LogP contribution in [0.3, 0.4) is 0 Å². The SMILES string of the molecule is COc1cc2c(cc1OC)[C@]13CCN4CC5=CO[C@@H]6CCN2[C@H]1[C@H]6[C@H]5C[C@H]43. The lowest BCUT2D eigenvalue weighted by Gasteiger charge is -2.61. The van der Waals surface area contributed by atoms with E-state index in [1.165, 1.54) is 30.6 Å². The first-order valence-electron chi connectivity index (χ1n) is 10.4. The van der Waals surface area contributed by atoms with Gasteiger partial charge in [0, 0.05) is 54.7 Å². The summed E-state index contributed by atoms with van der Waals surface area (Å²) in [7, 11) is 3.50. The zero-order chi connectivity index (χ0) is 17.9. The molecule has 0 unspecified atom stereocenters. The lowest BCUT2D eigenvalue weighted by atomic mass is 9.53. The molecule has 0 radical (unpaired) electrons. The van der Waals surface area contributed by atoms with Crippen LogP contribution in [0.5, 0.6) is 11.5 Å². The lowest BCUT2D eigenvalue weighted by Crippen LogP contribution is -2.69. The molecule has 1 spiro atoms. The fourth-order valence-electron chi connectivity index (χ4n) is 7.81. The van der Waals surface area contributed by atoms with E-state index >= 15 is 0 Å². The fraction of sp³-hybridized carbons (Fsp3) is 0.636. The Bertz CT molecular complexity index is 883. The van der Waals surface area contributed by atoms with Crippen LogP contribution in [0.15, 0.2) is 24.0 Å². The van der Waals surface area contributed by atoms with Gasteiger partial charge in [0.2, 0.25) is 0 Å². The van der Waals surface area contributed by atoms with Crippen LogP contribution in [0, 0.1) is 11.8 Å². The normalized spacial score (nSPS) is 42.4. The van der Waals surface area contributed by atoms with E-state index in [-0.39, 0.29) is 5.41 Å². The van der Waals surface area contributed by atoms with Gasteiger partial charge in [0.1, 0.15) is 6.10 Å². The Hall–Kier alpha value is -1.88. The third-order valence-electron chi connectivity index (χ3n) is 8.67. The van der Waals surface area contributed by atoms with Gasteiger partial charge in [-0.2, -0.15) is 0 Å². The summed E-state index contributed by atoms with van der Waals surface area (Å²) in [4.78, 5) is 5.46. The second-order valence-electron chi connectivity index (χ2n) is 9.21. The van der Waals surface area contributed by atoms with Crippen LogP contribution >= 0.6 is 0 Å². The first-order chi connectivity index (χ1) is 13.3. The number of nitrogens with zero attached hydrogens (tertiary/aromatic N) is 2. The summed E-state index contributed by atoms with van der Waals surface area (Å²) < 4.78 is 17.7. The van der Waals surface area contributed by atoms with Crippen molar-refractivity contribution in [1.82, 2.24) is 4.90 Å². The van der Waals surface area contributed by atoms with Crippen molar-refractivity contribution in [3.63, 3.8) is 0 Å². The lowest BCUT2D eigenvalue weighted by molar-refractivity contribution is -0.0632. The molecule has 1 aromatic rings. The highest BCUT2D eigenvalue weighted by Gasteiger charge is 2.70. The molecule has 1 aliphatic carbocycles. The molecular formula is C22H26N2O3. The Balaban J connectivity index is 1.51. The zero-order valence-electron chi connectivity index (χ0n) is 16.0.